The molecular weight excluding hydrogens is 186 g/mol. The standard InChI is InChI=1S/C12H17N3/c1-9-5-6-15(8-9)12-13-7-10-3-2-4-11(10)14-12/h7,9H,2-6,8H2,1H3. The van der Waals surface area contributed by atoms with Gasteiger partial charge in [0.25, 0.3) is 0 Å². The maximum atomic E-state index is 4.68. The summed E-state index contributed by atoms with van der Waals surface area (Å²) in [5, 5.41) is 0. The Kier molecular flexibility index (Phi) is 2.11. The maximum Gasteiger partial charge on any atom is 0.225 e. The Hall–Kier alpha value is -1.12. The predicted molar refractivity (Wildman–Crippen MR) is 60.1 cm³/mol. The number of aryl methyl sites for hydroxylation is 2. The normalized spacial score (nSPS) is 24.6. The molecule has 0 amide bonds. The first-order valence-electron chi connectivity index (χ1n) is 5.92. The number of nitrogens with zero attached hydrogens (tertiary/aromatic N) is 3. The van der Waals surface area contributed by atoms with Crippen LogP contribution in [0.3, 0.4) is 0 Å². The van der Waals surface area contributed by atoms with Crippen LogP contribution in [-0.2, 0) is 12.8 Å². The molecule has 1 atom stereocenters. The van der Waals surface area contributed by atoms with E-state index < -0.39 is 0 Å². The van der Waals surface area contributed by atoms with Crippen molar-refractivity contribution in [3.05, 3.63) is 17.5 Å². The average molecular weight is 203 g/mol. The zero-order valence-electron chi connectivity index (χ0n) is 9.24. The molecule has 1 aromatic rings. The summed E-state index contributed by atoms with van der Waals surface area (Å²) in [7, 11) is 0. The molecule has 0 aromatic carbocycles. The molecule has 1 aliphatic carbocycles. The molecule has 2 heterocycles. The molecule has 0 N–H and O–H groups in total. The van der Waals surface area contributed by atoms with Crippen molar-refractivity contribution >= 4 is 5.95 Å². The highest BCUT2D eigenvalue weighted by molar-refractivity contribution is 5.36. The van der Waals surface area contributed by atoms with Crippen molar-refractivity contribution in [2.75, 3.05) is 18.0 Å². The second-order valence-electron chi connectivity index (χ2n) is 4.84. The van der Waals surface area contributed by atoms with Crippen LogP contribution in [0.4, 0.5) is 5.95 Å². The zero-order chi connectivity index (χ0) is 10.3. The summed E-state index contributed by atoms with van der Waals surface area (Å²) in [6.45, 7) is 4.55. The van der Waals surface area contributed by atoms with Crippen LogP contribution in [0.1, 0.15) is 31.0 Å². The van der Waals surface area contributed by atoms with Gasteiger partial charge in [-0.05, 0) is 37.2 Å². The Morgan fingerprint density at radius 2 is 2.33 bits per heavy atom. The highest BCUT2D eigenvalue weighted by Gasteiger charge is 2.22. The van der Waals surface area contributed by atoms with Gasteiger partial charge in [-0.15, -0.1) is 0 Å². The molecule has 0 spiro atoms. The van der Waals surface area contributed by atoms with Crippen molar-refractivity contribution in [1.82, 2.24) is 9.97 Å². The zero-order valence-corrected chi connectivity index (χ0v) is 9.24. The first-order valence-corrected chi connectivity index (χ1v) is 5.92. The van der Waals surface area contributed by atoms with Crippen LogP contribution in [0.15, 0.2) is 6.20 Å². The lowest BCUT2D eigenvalue weighted by Gasteiger charge is -2.16. The van der Waals surface area contributed by atoms with Gasteiger partial charge in [0, 0.05) is 25.0 Å². The van der Waals surface area contributed by atoms with E-state index in [0.717, 1.165) is 31.4 Å². The summed E-state index contributed by atoms with van der Waals surface area (Å²) in [4.78, 5) is 11.5. The van der Waals surface area contributed by atoms with Crippen LogP contribution in [-0.4, -0.2) is 23.1 Å². The molecule has 3 heteroatoms. The Balaban J connectivity index is 1.87. The van der Waals surface area contributed by atoms with Crippen LogP contribution in [0.25, 0.3) is 0 Å². The first kappa shape index (κ1) is 9.13. The largest absolute Gasteiger partial charge is 0.341 e. The molecule has 0 saturated carbocycles. The first-order chi connectivity index (χ1) is 7.33. The van der Waals surface area contributed by atoms with Gasteiger partial charge < -0.3 is 4.90 Å². The summed E-state index contributed by atoms with van der Waals surface area (Å²) in [5.41, 5.74) is 2.66. The van der Waals surface area contributed by atoms with Crippen molar-refractivity contribution in [2.45, 2.75) is 32.6 Å². The van der Waals surface area contributed by atoms with Crippen LogP contribution in [0.5, 0.6) is 0 Å². The monoisotopic (exact) mass is 203 g/mol. The minimum Gasteiger partial charge on any atom is -0.341 e. The lowest BCUT2D eigenvalue weighted by molar-refractivity contribution is 0.658. The molecule has 2 aliphatic rings. The summed E-state index contributed by atoms with van der Waals surface area (Å²) in [5.74, 6) is 1.75. The van der Waals surface area contributed by atoms with Gasteiger partial charge in [0.05, 0.1) is 0 Å². The number of hydrogen-bond donors (Lipinski definition) is 0. The predicted octanol–water partition coefficient (Wildman–Crippen LogP) is 1.81. The van der Waals surface area contributed by atoms with E-state index in [1.165, 1.54) is 30.5 Å². The van der Waals surface area contributed by atoms with Crippen LogP contribution in [0, 0.1) is 5.92 Å². The van der Waals surface area contributed by atoms with Crippen LogP contribution < -0.4 is 4.90 Å². The second-order valence-corrected chi connectivity index (χ2v) is 4.84. The van der Waals surface area contributed by atoms with Crippen molar-refractivity contribution in [3.63, 3.8) is 0 Å². The molecule has 1 fully saturated rings. The number of hydrogen-bond acceptors (Lipinski definition) is 3. The Morgan fingerprint density at radius 1 is 1.40 bits per heavy atom. The van der Waals surface area contributed by atoms with E-state index in [1.54, 1.807) is 0 Å². The van der Waals surface area contributed by atoms with Crippen LogP contribution >= 0.6 is 0 Å². The third-order valence-corrected chi connectivity index (χ3v) is 3.51. The quantitative estimate of drug-likeness (QED) is 0.697. The molecule has 3 rings (SSSR count). The van der Waals surface area contributed by atoms with Gasteiger partial charge in [-0.2, -0.15) is 0 Å². The molecule has 1 aromatic heterocycles. The summed E-state index contributed by atoms with van der Waals surface area (Å²) in [6.07, 6.45) is 6.89. The van der Waals surface area contributed by atoms with E-state index in [9.17, 15) is 0 Å². The number of fused-ring (bicyclic) bond motifs is 1. The molecule has 0 bridgehead atoms. The van der Waals surface area contributed by atoms with Crippen molar-refractivity contribution in [1.29, 1.82) is 0 Å². The summed E-state index contributed by atoms with van der Waals surface area (Å²) < 4.78 is 0. The molecular formula is C12H17N3. The van der Waals surface area contributed by atoms with Gasteiger partial charge in [-0.3, -0.25) is 0 Å². The van der Waals surface area contributed by atoms with Gasteiger partial charge >= 0.3 is 0 Å². The Bertz CT molecular complexity index is 375. The molecule has 15 heavy (non-hydrogen) atoms. The lowest BCUT2D eigenvalue weighted by atomic mass is 10.2. The third kappa shape index (κ3) is 1.60. The minimum atomic E-state index is 0.793. The number of anilines is 1. The molecule has 3 nitrogen and oxygen atoms in total. The van der Waals surface area contributed by atoms with E-state index in [4.69, 9.17) is 0 Å². The van der Waals surface area contributed by atoms with Gasteiger partial charge in [0.15, 0.2) is 0 Å². The fourth-order valence-corrected chi connectivity index (χ4v) is 2.57. The fraction of sp³-hybridized carbons (Fsp3) is 0.667. The Labute approximate surface area is 90.5 Å². The van der Waals surface area contributed by atoms with Gasteiger partial charge in [0.2, 0.25) is 5.95 Å². The lowest BCUT2D eigenvalue weighted by Crippen LogP contribution is -2.22. The highest BCUT2D eigenvalue weighted by Crippen LogP contribution is 2.24. The second kappa shape index (κ2) is 3.47. The highest BCUT2D eigenvalue weighted by atomic mass is 15.3. The number of rotatable bonds is 1. The SMILES string of the molecule is CC1CCN(c2ncc3c(n2)CCC3)C1. The minimum absolute atomic E-state index is 0.793. The van der Waals surface area contributed by atoms with E-state index in [2.05, 4.69) is 21.8 Å². The van der Waals surface area contributed by atoms with Gasteiger partial charge in [-0.1, -0.05) is 6.92 Å². The van der Waals surface area contributed by atoms with E-state index in [0.29, 0.717) is 0 Å². The van der Waals surface area contributed by atoms with Crippen molar-refractivity contribution in [2.24, 2.45) is 5.92 Å². The van der Waals surface area contributed by atoms with Gasteiger partial charge in [0.1, 0.15) is 0 Å². The van der Waals surface area contributed by atoms with Gasteiger partial charge in [-0.25, -0.2) is 9.97 Å². The van der Waals surface area contributed by atoms with Crippen molar-refractivity contribution in [3.8, 4) is 0 Å². The topological polar surface area (TPSA) is 29.0 Å². The van der Waals surface area contributed by atoms with E-state index in [-0.39, 0.29) is 0 Å². The molecule has 1 unspecified atom stereocenters. The molecule has 1 saturated heterocycles. The summed E-state index contributed by atoms with van der Waals surface area (Å²) in [6, 6.07) is 0. The number of aromatic nitrogens is 2. The molecule has 0 radical (unpaired) electrons. The molecule has 80 valence electrons. The average Bonchev–Trinajstić information content (AvgIpc) is 2.84. The smallest absolute Gasteiger partial charge is 0.225 e. The summed E-state index contributed by atoms with van der Waals surface area (Å²) >= 11 is 0. The Morgan fingerprint density at radius 3 is 3.13 bits per heavy atom. The molecule has 1 aliphatic heterocycles. The van der Waals surface area contributed by atoms with E-state index in [1.807, 2.05) is 6.20 Å². The third-order valence-electron chi connectivity index (χ3n) is 3.51. The fourth-order valence-electron chi connectivity index (χ4n) is 2.57. The van der Waals surface area contributed by atoms with E-state index >= 15 is 0 Å². The van der Waals surface area contributed by atoms with Crippen molar-refractivity contribution < 1.29 is 0 Å². The van der Waals surface area contributed by atoms with Crippen LogP contribution in [0.2, 0.25) is 0 Å². The maximum absolute atomic E-state index is 4.68.